The molecule has 1 aromatic rings. The first-order valence-electron chi connectivity index (χ1n) is 8.75. The molecular formula is C20H27BrN2O. The Kier molecular flexibility index (Phi) is 5.07. The highest BCUT2D eigenvalue weighted by Gasteiger charge is 2.50. The first-order valence-corrected chi connectivity index (χ1v) is 9.54. The molecule has 2 atom stereocenters. The Morgan fingerprint density at radius 1 is 1.33 bits per heavy atom. The van der Waals surface area contributed by atoms with Crippen molar-refractivity contribution in [3.05, 3.63) is 45.5 Å². The minimum Gasteiger partial charge on any atom is -0.505 e. The van der Waals surface area contributed by atoms with E-state index >= 15 is 0 Å². The van der Waals surface area contributed by atoms with Crippen molar-refractivity contribution in [1.29, 1.82) is 0 Å². The summed E-state index contributed by atoms with van der Waals surface area (Å²) in [5.74, 6) is 0.326. The molecule has 0 saturated carbocycles. The lowest BCUT2D eigenvalue weighted by Crippen LogP contribution is -2.40. The van der Waals surface area contributed by atoms with Crippen LogP contribution in [0, 0.1) is 0 Å². The Labute approximate surface area is 153 Å². The number of aromatic hydroxyl groups is 1. The van der Waals surface area contributed by atoms with Crippen LogP contribution in [0.15, 0.2) is 39.9 Å². The van der Waals surface area contributed by atoms with E-state index in [0.29, 0.717) is 5.75 Å². The highest BCUT2D eigenvalue weighted by molar-refractivity contribution is 9.10. The maximum atomic E-state index is 10.4. The van der Waals surface area contributed by atoms with Gasteiger partial charge in [-0.2, -0.15) is 0 Å². The number of rotatable bonds is 5. The molecule has 1 saturated heterocycles. The predicted molar refractivity (Wildman–Crippen MR) is 105 cm³/mol. The third-order valence-corrected chi connectivity index (χ3v) is 5.97. The van der Waals surface area contributed by atoms with Crippen molar-refractivity contribution in [2.45, 2.75) is 58.0 Å². The molecule has 2 aliphatic heterocycles. The summed E-state index contributed by atoms with van der Waals surface area (Å²) in [5.41, 5.74) is 5.01. The van der Waals surface area contributed by atoms with Crippen LogP contribution in [0.3, 0.4) is 0 Å². The van der Waals surface area contributed by atoms with Gasteiger partial charge in [-0.25, -0.2) is 0 Å². The van der Waals surface area contributed by atoms with Gasteiger partial charge in [0.25, 0.3) is 0 Å². The third kappa shape index (κ3) is 3.14. The van der Waals surface area contributed by atoms with E-state index in [-0.39, 0.29) is 11.6 Å². The van der Waals surface area contributed by atoms with Crippen molar-refractivity contribution in [2.75, 3.05) is 11.9 Å². The number of phenols is 1. The number of benzene rings is 1. The van der Waals surface area contributed by atoms with Crippen LogP contribution in [0.5, 0.6) is 5.75 Å². The molecule has 1 fully saturated rings. The quantitative estimate of drug-likeness (QED) is 0.476. The fourth-order valence-corrected chi connectivity index (χ4v) is 4.24. The van der Waals surface area contributed by atoms with E-state index in [1.165, 1.54) is 16.7 Å². The van der Waals surface area contributed by atoms with Crippen LogP contribution in [0.1, 0.15) is 52.0 Å². The summed E-state index contributed by atoms with van der Waals surface area (Å²) in [7, 11) is 0. The lowest BCUT2D eigenvalue weighted by atomic mass is 9.76. The Balaban J connectivity index is 1.82. The van der Waals surface area contributed by atoms with Gasteiger partial charge >= 0.3 is 0 Å². The van der Waals surface area contributed by atoms with Gasteiger partial charge in [-0.1, -0.05) is 29.4 Å². The van der Waals surface area contributed by atoms with Gasteiger partial charge in [0, 0.05) is 5.41 Å². The van der Waals surface area contributed by atoms with Crippen molar-refractivity contribution < 1.29 is 5.11 Å². The molecule has 2 heterocycles. The molecule has 4 heteroatoms. The second-order valence-electron chi connectivity index (χ2n) is 7.33. The molecule has 0 spiro atoms. The van der Waals surface area contributed by atoms with Crippen LogP contribution < -0.4 is 10.6 Å². The SMILES string of the molecule is CC(C)=CCC/C(C)=C/C[C@@]12CCN[C@@H]1Nc1c2ccc(Br)c1O. The lowest BCUT2D eigenvalue weighted by Gasteiger charge is -2.28. The van der Waals surface area contributed by atoms with Gasteiger partial charge in [-0.05, 0) is 80.6 Å². The Morgan fingerprint density at radius 3 is 2.88 bits per heavy atom. The summed E-state index contributed by atoms with van der Waals surface area (Å²) in [6.45, 7) is 7.55. The fourth-order valence-electron chi connectivity index (χ4n) is 3.91. The third-order valence-electron chi connectivity index (χ3n) is 5.33. The molecular weight excluding hydrogens is 364 g/mol. The standard InChI is InChI=1S/C20H27BrN2O/c1-13(2)5-4-6-14(3)9-10-20-11-12-22-19(20)23-17-15(20)7-8-16(21)18(17)24/h5,7-9,19,22-24H,4,6,10-12H2,1-3H3/b14-9+/t19-,20+/m1/s1. The molecule has 3 rings (SSSR count). The number of phenolic OH excluding ortho intramolecular Hbond substituents is 1. The lowest BCUT2D eigenvalue weighted by molar-refractivity contribution is 0.423. The largest absolute Gasteiger partial charge is 0.505 e. The van der Waals surface area contributed by atoms with Crippen molar-refractivity contribution >= 4 is 21.6 Å². The van der Waals surface area contributed by atoms with Crippen LogP contribution in [-0.2, 0) is 5.41 Å². The van der Waals surface area contributed by atoms with Gasteiger partial charge in [0.2, 0.25) is 0 Å². The smallest absolute Gasteiger partial charge is 0.153 e. The minimum atomic E-state index is 0.0469. The zero-order valence-corrected chi connectivity index (χ0v) is 16.3. The molecule has 3 nitrogen and oxygen atoms in total. The Hall–Kier alpha value is -1.26. The fraction of sp³-hybridized carbons (Fsp3) is 0.500. The molecule has 0 amide bonds. The van der Waals surface area contributed by atoms with E-state index in [9.17, 15) is 5.11 Å². The molecule has 3 N–H and O–H groups in total. The van der Waals surface area contributed by atoms with Crippen molar-refractivity contribution in [1.82, 2.24) is 5.32 Å². The maximum Gasteiger partial charge on any atom is 0.153 e. The summed E-state index contributed by atoms with van der Waals surface area (Å²) < 4.78 is 0.748. The van der Waals surface area contributed by atoms with Gasteiger partial charge in [0.1, 0.15) is 0 Å². The number of allylic oxidation sites excluding steroid dienone is 4. The zero-order valence-electron chi connectivity index (χ0n) is 14.7. The molecule has 24 heavy (non-hydrogen) atoms. The predicted octanol–water partition coefficient (Wildman–Crippen LogP) is 5.22. The van der Waals surface area contributed by atoms with E-state index in [0.717, 1.165) is 42.4 Å². The van der Waals surface area contributed by atoms with E-state index in [4.69, 9.17) is 0 Å². The summed E-state index contributed by atoms with van der Waals surface area (Å²) in [4.78, 5) is 0. The van der Waals surface area contributed by atoms with E-state index in [2.05, 4.69) is 65.6 Å². The molecule has 2 aliphatic rings. The molecule has 0 aromatic heterocycles. The van der Waals surface area contributed by atoms with Crippen LogP contribution >= 0.6 is 15.9 Å². The van der Waals surface area contributed by atoms with Crippen molar-refractivity contribution in [2.24, 2.45) is 0 Å². The van der Waals surface area contributed by atoms with E-state index in [1.807, 2.05) is 6.07 Å². The molecule has 0 radical (unpaired) electrons. The topological polar surface area (TPSA) is 44.3 Å². The number of nitrogens with one attached hydrogen (secondary N) is 2. The van der Waals surface area contributed by atoms with Crippen molar-refractivity contribution in [3.63, 3.8) is 0 Å². The normalized spacial score (nSPS) is 25.2. The van der Waals surface area contributed by atoms with Gasteiger partial charge < -0.3 is 10.4 Å². The Morgan fingerprint density at radius 2 is 2.12 bits per heavy atom. The van der Waals surface area contributed by atoms with Gasteiger partial charge in [0.05, 0.1) is 16.3 Å². The number of hydrogen-bond acceptors (Lipinski definition) is 3. The Bertz CT molecular complexity index is 691. The highest BCUT2D eigenvalue weighted by atomic mass is 79.9. The summed E-state index contributed by atoms with van der Waals surface area (Å²) in [5, 5.41) is 17.4. The van der Waals surface area contributed by atoms with Crippen molar-refractivity contribution in [3.8, 4) is 5.75 Å². The average Bonchev–Trinajstić information content (AvgIpc) is 3.05. The molecule has 0 bridgehead atoms. The van der Waals surface area contributed by atoms with E-state index < -0.39 is 0 Å². The van der Waals surface area contributed by atoms with Crippen LogP contribution in [0.2, 0.25) is 0 Å². The molecule has 130 valence electrons. The number of hydrogen-bond donors (Lipinski definition) is 3. The van der Waals surface area contributed by atoms with Crippen LogP contribution in [0.4, 0.5) is 5.69 Å². The number of anilines is 1. The van der Waals surface area contributed by atoms with Gasteiger partial charge in [-0.3, -0.25) is 5.32 Å². The minimum absolute atomic E-state index is 0.0469. The van der Waals surface area contributed by atoms with E-state index in [1.54, 1.807) is 0 Å². The van der Waals surface area contributed by atoms with Gasteiger partial charge in [0.15, 0.2) is 5.75 Å². The average molecular weight is 391 g/mol. The second-order valence-corrected chi connectivity index (χ2v) is 8.19. The number of halogens is 1. The summed E-state index contributed by atoms with van der Waals surface area (Å²) >= 11 is 3.42. The maximum absolute atomic E-state index is 10.4. The first-order chi connectivity index (χ1) is 11.4. The molecule has 0 unspecified atom stereocenters. The zero-order chi connectivity index (χ0) is 17.3. The second kappa shape index (κ2) is 6.93. The monoisotopic (exact) mass is 390 g/mol. The van der Waals surface area contributed by atoms with Crippen LogP contribution in [-0.4, -0.2) is 17.8 Å². The highest BCUT2D eigenvalue weighted by Crippen LogP contribution is 2.52. The number of fused-ring (bicyclic) bond motifs is 3. The molecule has 1 aromatic carbocycles. The first kappa shape index (κ1) is 17.6. The summed E-state index contributed by atoms with van der Waals surface area (Å²) in [6, 6.07) is 4.12. The van der Waals surface area contributed by atoms with Gasteiger partial charge in [-0.15, -0.1) is 0 Å². The molecule has 0 aliphatic carbocycles. The van der Waals surface area contributed by atoms with Crippen LogP contribution in [0.25, 0.3) is 0 Å². The summed E-state index contributed by atoms with van der Waals surface area (Å²) in [6.07, 6.45) is 9.23.